The van der Waals surface area contributed by atoms with Gasteiger partial charge in [-0.25, -0.2) is 14.4 Å². The van der Waals surface area contributed by atoms with Crippen molar-refractivity contribution in [2.45, 2.75) is 19.1 Å². The highest BCUT2D eigenvalue weighted by Gasteiger charge is 2.27. The summed E-state index contributed by atoms with van der Waals surface area (Å²) in [4.78, 5) is 36.6. The lowest BCUT2D eigenvalue weighted by Crippen LogP contribution is -2.16. The zero-order valence-electron chi connectivity index (χ0n) is 14.8. The summed E-state index contributed by atoms with van der Waals surface area (Å²) in [6.45, 7) is 3.19. The minimum Gasteiger partial charge on any atom is -0.459 e. The minimum absolute atomic E-state index is 0.0152. The van der Waals surface area contributed by atoms with Crippen LogP contribution in [0, 0.1) is 0 Å². The fourth-order valence-corrected chi connectivity index (χ4v) is 2.08. The monoisotopic (exact) mass is 380 g/mol. The minimum atomic E-state index is -0.733. The molecular formula is C18H20O9. The molecule has 2 fully saturated rings. The van der Waals surface area contributed by atoms with Gasteiger partial charge in [0.15, 0.2) is 6.79 Å². The van der Waals surface area contributed by atoms with Gasteiger partial charge in [0.05, 0.1) is 29.9 Å². The Morgan fingerprint density at radius 3 is 1.63 bits per heavy atom. The van der Waals surface area contributed by atoms with Crippen molar-refractivity contribution in [2.24, 2.45) is 0 Å². The first-order valence-corrected chi connectivity index (χ1v) is 8.54. The van der Waals surface area contributed by atoms with E-state index < -0.39 is 17.9 Å². The molecule has 2 saturated heterocycles. The van der Waals surface area contributed by atoms with E-state index in [0.717, 1.165) is 0 Å². The zero-order chi connectivity index (χ0) is 19.2. The summed E-state index contributed by atoms with van der Waals surface area (Å²) in [7, 11) is 0. The highest BCUT2D eigenvalue weighted by molar-refractivity contribution is 6.00. The average Bonchev–Trinajstić information content (AvgIpc) is 3.58. The van der Waals surface area contributed by atoms with Crippen LogP contribution in [0.3, 0.4) is 0 Å². The van der Waals surface area contributed by atoms with Crippen molar-refractivity contribution in [3.8, 4) is 0 Å². The molecule has 0 aliphatic carbocycles. The topological polar surface area (TPSA) is 113 Å². The van der Waals surface area contributed by atoms with Crippen LogP contribution in [0.4, 0.5) is 0 Å². The Labute approximate surface area is 155 Å². The Morgan fingerprint density at radius 2 is 1.26 bits per heavy atom. The maximum atomic E-state index is 12.2. The van der Waals surface area contributed by atoms with Gasteiger partial charge in [-0.15, -0.1) is 0 Å². The number of hydrogen-bond acceptors (Lipinski definition) is 9. The molecule has 9 heteroatoms. The van der Waals surface area contributed by atoms with Gasteiger partial charge in [-0.1, -0.05) is 0 Å². The predicted octanol–water partition coefficient (Wildman–Crippen LogP) is 0.949. The van der Waals surface area contributed by atoms with Gasteiger partial charge in [0.1, 0.15) is 25.4 Å². The molecule has 0 bridgehead atoms. The van der Waals surface area contributed by atoms with E-state index >= 15 is 0 Å². The smallest absolute Gasteiger partial charge is 0.340 e. The summed E-state index contributed by atoms with van der Waals surface area (Å²) >= 11 is 0. The van der Waals surface area contributed by atoms with Crippen molar-refractivity contribution in [1.29, 1.82) is 0 Å². The third-order valence-corrected chi connectivity index (χ3v) is 3.72. The van der Waals surface area contributed by atoms with Crippen molar-refractivity contribution >= 4 is 17.9 Å². The fraction of sp³-hybridized carbons (Fsp3) is 0.500. The van der Waals surface area contributed by atoms with Gasteiger partial charge < -0.3 is 28.4 Å². The summed E-state index contributed by atoms with van der Waals surface area (Å²) < 4.78 is 30.1. The van der Waals surface area contributed by atoms with E-state index in [-0.39, 0.29) is 48.9 Å². The summed E-state index contributed by atoms with van der Waals surface area (Å²) in [6.07, 6.45) is -0.201. The molecular weight excluding hydrogens is 360 g/mol. The van der Waals surface area contributed by atoms with E-state index in [1.54, 1.807) is 6.92 Å². The highest BCUT2D eigenvalue weighted by atomic mass is 16.7. The van der Waals surface area contributed by atoms with Gasteiger partial charge in [0.25, 0.3) is 0 Å². The Balaban J connectivity index is 1.73. The summed E-state index contributed by atoms with van der Waals surface area (Å²) in [5.74, 6) is -2.09. The lowest BCUT2D eigenvalue weighted by molar-refractivity contribution is -0.0274. The van der Waals surface area contributed by atoms with Gasteiger partial charge in [-0.2, -0.15) is 0 Å². The normalized spacial score (nSPS) is 19.9. The Bertz CT molecular complexity index is 661. The van der Waals surface area contributed by atoms with Crippen molar-refractivity contribution in [3.05, 3.63) is 34.9 Å². The van der Waals surface area contributed by atoms with Gasteiger partial charge in [0.2, 0.25) is 0 Å². The molecule has 3 rings (SSSR count). The lowest BCUT2D eigenvalue weighted by Gasteiger charge is -2.10. The highest BCUT2D eigenvalue weighted by Crippen LogP contribution is 2.17. The van der Waals surface area contributed by atoms with Crippen LogP contribution in [0.25, 0.3) is 0 Å². The number of hydrogen-bond donors (Lipinski definition) is 0. The molecule has 2 unspecified atom stereocenters. The molecule has 0 N–H and O–H groups in total. The second-order valence-corrected chi connectivity index (χ2v) is 5.95. The number of epoxide rings is 2. The first kappa shape index (κ1) is 19.3. The molecule has 9 nitrogen and oxygen atoms in total. The van der Waals surface area contributed by atoms with E-state index in [1.807, 2.05) is 0 Å². The van der Waals surface area contributed by atoms with Gasteiger partial charge in [0, 0.05) is 6.61 Å². The molecule has 2 aliphatic heterocycles. The van der Waals surface area contributed by atoms with Crippen LogP contribution in [0.2, 0.25) is 0 Å². The van der Waals surface area contributed by atoms with Crippen LogP contribution in [0.1, 0.15) is 38.0 Å². The van der Waals surface area contributed by atoms with E-state index in [1.165, 1.54) is 18.2 Å². The average molecular weight is 380 g/mol. The number of carbonyl (C=O) groups is 3. The summed E-state index contributed by atoms with van der Waals surface area (Å²) in [6, 6.07) is 3.90. The molecule has 0 spiro atoms. The molecule has 2 aliphatic rings. The number of ether oxygens (including phenoxy) is 6. The standard InChI is InChI=1S/C18H20O9/c1-2-22-10-27-18(21)13-4-11(16(19)25-8-14-6-23-14)3-12(5-13)17(20)26-9-15-7-24-15/h3-5,14-15H,2,6-10H2,1H3. The summed E-state index contributed by atoms with van der Waals surface area (Å²) in [5.41, 5.74) is 0.0914. The predicted molar refractivity (Wildman–Crippen MR) is 88.4 cm³/mol. The molecule has 2 heterocycles. The molecule has 1 aromatic rings. The maximum absolute atomic E-state index is 12.2. The lowest BCUT2D eigenvalue weighted by atomic mass is 10.1. The van der Waals surface area contributed by atoms with Crippen LogP contribution in [-0.2, 0) is 28.4 Å². The largest absolute Gasteiger partial charge is 0.459 e. The number of benzene rings is 1. The zero-order valence-corrected chi connectivity index (χ0v) is 14.8. The second kappa shape index (κ2) is 8.94. The second-order valence-electron chi connectivity index (χ2n) is 5.95. The third kappa shape index (κ3) is 6.02. The molecule has 1 aromatic carbocycles. The Morgan fingerprint density at radius 1 is 0.852 bits per heavy atom. The SMILES string of the molecule is CCOCOC(=O)c1cc(C(=O)OCC2CO2)cc(C(=O)OCC2CO2)c1. The van der Waals surface area contributed by atoms with Crippen molar-refractivity contribution < 1.29 is 42.8 Å². The number of carbonyl (C=O) groups excluding carboxylic acids is 3. The van der Waals surface area contributed by atoms with Gasteiger partial charge >= 0.3 is 17.9 Å². The van der Waals surface area contributed by atoms with E-state index in [9.17, 15) is 14.4 Å². The molecule has 0 saturated carbocycles. The van der Waals surface area contributed by atoms with Crippen molar-refractivity contribution in [1.82, 2.24) is 0 Å². The van der Waals surface area contributed by atoms with Crippen molar-refractivity contribution in [2.75, 3.05) is 39.8 Å². The molecule has 0 amide bonds. The Kier molecular flexibility index (Phi) is 6.38. The van der Waals surface area contributed by atoms with Gasteiger partial charge in [-0.05, 0) is 25.1 Å². The van der Waals surface area contributed by atoms with Gasteiger partial charge in [-0.3, -0.25) is 0 Å². The molecule has 146 valence electrons. The van der Waals surface area contributed by atoms with Crippen LogP contribution >= 0.6 is 0 Å². The van der Waals surface area contributed by atoms with E-state index in [2.05, 4.69) is 0 Å². The maximum Gasteiger partial charge on any atom is 0.340 e. The van der Waals surface area contributed by atoms with Crippen LogP contribution in [0.5, 0.6) is 0 Å². The number of esters is 3. The van der Waals surface area contributed by atoms with Crippen LogP contribution in [-0.4, -0.2) is 69.9 Å². The first-order chi connectivity index (χ1) is 13.1. The molecule has 2 atom stereocenters. The third-order valence-electron chi connectivity index (χ3n) is 3.72. The number of rotatable bonds is 10. The Hall–Kier alpha value is -2.49. The van der Waals surface area contributed by atoms with Crippen molar-refractivity contribution in [3.63, 3.8) is 0 Å². The summed E-state index contributed by atoms with van der Waals surface area (Å²) in [5, 5.41) is 0. The fourth-order valence-electron chi connectivity index (χ4n) is 2.08. The quantitative estimate of drug-likeness (QED) is 0.192. The molecule has 0 radical (unpaired) electrons. The van der Waals surface area contributed by atoms with Crippen LogP contribution in [0.15, 0.2) is 18.2 Å². The molecule has 0 aromatic heterocycles. The molecule has 27 heavy (non-hydrogen) atoms. The van der Waals surface area contributed by atoms with E-state index in [4.69, 9.17) is 28.4 Å². The van der Waals surface area contributed by atoms with E-state index in [0.29, 0.717) is 19.8 Å². The first-order valence-electron chi connectivity index (χ1n) is 8.54. The van der Waals surface area contributed by atoms with Crippen LogP contribution < -0.4 is 0 Å².